The van der Waals surface area contributed by atoms with Gasteiger partial charge in [0, 0.05) is 13.6 Å². The number of aryl methyl sites for hydroxylation is 1. The summed E-state index contributed by atoms with van der Waals surface area (Å²) in [7, 11) is 2.45. The van der Waals surface area contributed by atoms with E-state index in [1.54, 1.807) is 0 Å². The smallest absolute Gasteiger partial charge is 0.344 e. The monoisotopic (exact) mass is 304 g/mol. The molecule has 0 saturated heterocycles. The molecule has 8 heteroatoms. The first-order valence-electron chi connectivity index (χ1n) is 5.93. The number of nitrogens with zero attached hydrogens (tertiary/aromatic N) is 1. The van der Waals surface area contributed by atoms with Crippen LogP contribution in [0.4, 0.5) is 13.2 Å². The van der Waals surface area contributed by atoms with E-state index in [1.165, 1.54) is 33.2 Å². The van der Waals surface area contributed by atoms with Gasteiger partial charge in [-0.2, -0.15) is 13.2 Å². The van der Waals surface area contributed by atoms with Crippen LogP contribution in [0.3, 0.4) is 0 Å². The predicted octanol–water partition coefficient (Wildman–Crippen LogP) is 1.65. The lowest BCUT2D eigenvalue weighted by Gasteiger charge is -2.14. The average molecular weight is 304 g/mol. The number of halogens is 3. The molecule has 0 unspecified atom stereocenters. The summed E-state index contributed by atoms with van der Waals surface area (Å²) < 4.78 is 38.2. The van der Waals surface area contributed by atoms with Gasteiger partial charge in [-0.05, 0) is 24.1 Å². The number of carbonyl (C=O) groups excluding carboxylic acids is 2. The molecule has 1 rings (SSSR count). The highest BCUT2D eigenvalue weighted by Gasteiger charge is 2.32. The van der Waals surface area contributed by atoms with Gasteiger partial charge in [0.15, 0.2) is 0 Å². The van der Waals surface area contributed by atoms with E-state index in [0.29, 0.717) is 5.06 Å². The van der Waals surface area contributed by atoms with E-state index in [4.69, 9.17) is 0 Å². The van der Waals surface area contributed by atoms with Gasteiger partial charge in [0.2, 0.25) is 0 Å². The van der Waals surface area contributed by atoms with Crippen molar-refractivity contribution in [1.29, 1.82) is 0 Å². The zero-order chi connectivity index (χ0) is 16.2. The molecule has 21 heavy (non-hydrogen) atoms. The molecule has 116 valence electrons. The molecule has 0 fully saturated rings. The Hall–Kier alpha value is -2.09. The second-order valence-electron chi connectivity index (χ2n) is 4.31. The summed E-state index contributed by atoms with van der Waals surface area (Å²) in [5.74, 6) is -1.91. The number of likely N-dealkylation sites (N-methyl/N-ethyl adjacent to an activating group) is 1. The maximum atomic E-state index is 12.7. The maximum Gasteiger partial charge on any atom is 0.416 e. The van der Waals surface area contributed by atoms with Crippen LogP contribution in [0.5, 0.6) is 0 Å². The SMILES string of the molecule is CON(C)C(=O)C(=O)NCc1ccc(C)c(C(F)(F)F)c1. The number of rotatable bonds is 3. The molecule has 1 aromatic rings. The summed E-state index contributed by atoms with van der Waals surface area (Å²) in [6.07, 6.45) is -4.46. The van der Waals surface area contributed by atoms with Crippen LogP contribution in [-0.4, -0.2) is 31.0 Å². The summed E-state index contributed by atoms with van der Waals surface area (Å²) in [6, 6.07) is 3.71. The fraction of sp³-hybridized carbons (Fsp3) is 0.385. The van der Waals surface area contributed by atoms with Gasteiger partial charge < -0.3 is 5.32 Å². The van der Waals surface area contributed by atoms with E-state index in [1.807, 2.05) is 0 Å². The van der Waals surface area contributed by atoms with Crippen molar-refractivity contribution in [3.05, 3.63) is 34.9 Å². The molecular formula is C13H15F3N2O3. The Morgan fingerprint density at radius 2 is 1.95 bits per heavy atom. The summed E-state index contributed by atoms with van der Waals surface area (Å²) in [4.78, 5) is 27.4. The molecule has 0 spiro atoms. The van der Waals surface area contributed by atoms with Crippen LogP contribution in [0, 0.1) is 6.92 Å². The summed E-state index contributed by atoms with van der Waals surface area (Å²) in [5, 5.41) is 2.95. The lowest BCUT2D eigenvalue weighted by atomic mass is 10.0. The zero-order valence-corrected chi connectivity index (χ0v) is 11.7. The van der Waals surface area contributed by atoms with Crippen LogP contribution >= 0.6 is 0 Å². The molecule has 0 aliphatic carbocycles. The standard InChI is InChI=1S/C13H15F3N2O3/c1-8-4-5-9(6-10(8)13(14,15)16)7-17-11(19)12(20)18(2)21-3/h4-6H,7H2,1-3H3,(H,17,19). The third-order valence-corrected chi connectivity index (χ3v) is 2.81. The number of benzene rings is 1. The van der Waals surface area contributed by atoms with E-state index in [-0.39, 0.29) is 17.7 Å². The topological polar surface area (TPSA) is 58.6 Å². The van der Waals surface area contributed by atoms with Gasteiger partial charge in [-0.15, -0.1) is 0 Å². The average Bonchev–Trinajstić information content (AvgIpc) is 2.43. The van der Waals surface area contributed by atoms with Gasteiger partial charge >= 0.3 is 18.0 Å². The number of nitrogens with one attached hydrogen (secondary N) is 1. The van der Waals surface area contributed by atoms with Gasteiger partial charge in [-0.1, -0.05) is 12.1 Å². The zero-order valence-electron chi connectivity index (χ0n) is 11.7. The molecule has 0 heterocycles. The van der Waals surface area contributed by atoms with Crippen LogP contribution in [-0.2, 0) is 27.1 Å². The van der Waals surface area contributed by atoms with Crippen molar-refractivity contribution in [3.63, 3.8) is 0 Å². The Morgan fingerprint density at radius 1 is 1.33 bits per heavy atom. The second kappa shape index (κ2) is 6.57. The minimum atomic E-state index is -4.46. The molecular weight excluding hydrogens is 289 g/mol. The van der Waals surface area contributed by atoms with Crippen LogP contribution in [0.25, 0.3) is 0 Å². The maximum absolute atomic E-state index is 12.7. The van der Waals surface area contributed by atoms with Crippen LogP contribution in [0.2, 0.25) is 0 Å². The number of amides is 2. The molecule has 1 aromatic carbocycles. The molecule has 0 aromatic heterocycles. The van der Waals surface area contributed by atoms with Gasteiger partial charge in [0.1, 0.15) is 0 Å². The first-order chi connectivity index (χ1) is 9.66. The van der Waals surface area contributed by atoms with Crippen molar-refractivity contribution in [1.82, 2.24) is 10.4 Å². The molecule has 2 amide bonds. The predicted molar refractivity (Wildman–Crippen MR) is 67.8 cm³/mol. The molecule has 1 N–H and O–H groups in total. The minimum absolute atomic E-state index is 0.0905. The Morgan fingerprint density at radius 3 is 2.48 bits per heavy atom. The molecule has 0 aliphatic heterocycles. The van der Waals surface area contributed by atoms with Crippen LogP contribution < -0.4 is 5.32 Å². The molecule has 0 atom stereocenters. The van der Waals surface area contributed by atoms with E-state index in [2.05, 4.69) is 10.2 Å². The Labute approximate surface area is 119 Å². The van der Waals surface area contributed by atoms with E-state index < -0.39 is 23.6 Å². The highest BCUT2D eigenvalue weighted by atomic mass is 19.4. The number of carbonyl (C=O) groups is 2. The number of hydroxylamine groups is 2. The van der Waals surface area contributed by atoms with Crippen LogP contribution in [0.1, 0.15) is 16.7 Å². The summed E-state index contributed by atoms with van der Waals surface area (Å²) in [5.41, 5.74) is -0.434. The van der Waals surface area contributed by atoms with E-state index >= 15 is 0 Å². The quantitative estimate of drug-likeness (QED) is 0.682. The van der Waals surface area contributed by atoms with Crippen LogP contribution in [0.15, 0.2) is 18.2 Å². The number of alkyl halides is 3. The Kier molecular flexibility index (Phi) is 5.31. The third-order valence-electron chi connectivity index (χ3n) is 2.81. The first-order valence-corrected chi connectivity index (χ1v) is 5.93. The lowest BCUT2D eigenvalue weighted by molar-refractivity contribution is -0.173. The van der Waals surface area contributed by atoms with Crippen molar-refractivity contribution >= 4 is 11.8 Å². The normalized spacial score (nSPS) is 11.1. The van der Waals surface area contributed by atoms with Gasteiger partial charge in [0.25, 0.3) is 0 Å². The summed E-state index contributed by atoms with van der Waals surface area (Å²) in [6.45, 7) is 1.16. The van der Waals surface area contributed by atoms with Crippen molar-refractivity contribution in [2.75, 3.05) is 14.2 Å². The minimum Gasteiger partial charge on any atom is -0.344 e. The molecule has 0 radical (unpaired) electrons. The van der Waals surface area contributed by atoms with Gasteiger partial charge in [-0.25, -0.2) is 5.06 Å². The van der Waals surface area contributed by atoms with Crippen molar-refractivity contribution < 1.29 is 27.6 Å². The van der Waals surface area contributed by atoms with Gasteiger partial charge in [0.05, 0.1) is 12.7 Å². The molecule has 0 bridgehead atoms. The highest BCUT2D eigenvalue weighted by molar-refractivity contribution is 6.34. The van der Waals surface area contributed by atoms with Crippen molar-refractivity contribution in [3.8, 4) is 0 Å². The number of hydrogen-bond donors (Lipinski definition) is 1. The van der Waals surface area contributed by atoms with E-state index in [9.17, 15) is 22.8 Å². The third kappa shape index (κ3) is 4.45. The fourth-order valence-corrected chi connectivity index (χ4v) is 1.57. The highest BCUT2D eigenvalue weighted by Crippen LogP contribution is 2.32. The van der Waals surface area contributed by atoms with Gasteiger partial charge in [-0.3, -0.25) is 14.4 Å². The molecule has 0 saturated carbocycles. The lowest BCUT2D eigenvalue weighted by Crippen LogP contribution is -2.40. The first kappa shape index (κ1) is 17.0. The molecule has 0 aliphatic rings. The second-order valence-corrected chi connectivity index (χ2v) is 4.31. The Balaban J connectivity index is 2.77. The molecule has 5 nitrogen and oxygen atoms in total. The fourth-order valence-electron chi connectivity index (χ4n) is 1.57. The Bertz CT molecular complexity index is 544. The van der Waals surface area contributed by atoms with Crippen molar-refractivity contribution in [2.45, 2.75) is 19.6 Å². The number of hydrogen-bond acceptors (Lipinski definition) is 3. The van der Waals surface area contributed by atoms with E-state index in [0.717, 1.165) is 6.07 Å². The largest absolute Gasteiger partial charge is 0.416 e. The summed E-state index contributed by atoms with van der Waals surface area (Å²) >= 11 is 0. The van der Waals surface area contributed by atoms with Crippen molar-refractivity contribution in [2.24, 2.45) is 0 Å².